The molecule has 1 aromatic carbocycles. The van der Waals surface area contributed by atoms with Gasteiger partial charge in [0, 0.05) is 49.1 Å². The van der Waals surface area contributed by atoms with Gasteiger partial charge in [-0.1, -0.05) is 23.7 Å². The van der Waals surface area contributed by atoms with E-state index in [1.165, 1.54) is 17.5 Å². The lowest BCUT2D eigenvalue weighted by atomic mass is 9.82. The van der Waals surface area contributed by atoms with Crippen molar-refractivity contribution in [3.8, 4) is 0 Å². The summed E-state index contributed by atoms with van der Waals surface area (Å²) >= 11 is 6.06. The Morgan fingerprint density at radius 2 is 1.84 bits per heavy atom. The maximum atomic E-state index is 11.9. The summed E-state index contributed by atoms with van der Waals surface area (Å²) in [6.45, 7) is 3.28. The molecule has 0 N–H and O–H groups in total. The minimum atomic E-state index is -3.08. The van der Waals surface area contributed by atoms with Gasteiger partial charge in [0.15, 0.2) is 0 Å². The number of hydrogen-bond acceptors (Lipinski definition) is 5. The quantitative estimate of drug-likeness (QED) is 0.631. The number of aromatic nitrogens is 2. The van der Waals surface area contributed by atoms with E-state index in [2.05, 4.69) is 34.8 Å². The van der Waals surface area contributed by atoms with Crippen LogP contribution in [0.15, 0.2) is 30.5 Å². The first-order valence-corrected chi connectivity index (χ1v) is 13.9. The van der Waals surface area contributed by atoms with E-state index in [0.29, 0.717) is 25.1 Å². The molecule has 1 saturated carbocycles. The molecule has 8 heteroatoms. The molecule has 0 unspecified atom stereocenters. The average molecular weight is 480 g/mol. The zero-order chi connectivity index (χ0) is 22.9. The minimum Gasteiger partial charge on any atom is -0.374 e. The Balaban J connectivity index is 1.46. The van der Waals surface area contributed by atoms with Crippen molar-refractivity contribution in [3.63, 3.8) is 0 Å². The van der Waals surface area contributed by atoms with E-state index < -0.39 is 9.84 Å². The van der Waals surface area contributed by atoms with Gasteiger partial charge >= 0.3 is 0 Å². The lowest BCUT2D eigenvalue weighted by molar-refractivity contribution is -0.0755. The molecule has 1 aromatic heterocycles. The van der Waals surface area contributed by atoms with E-state index in [1.807, 2.05) is 19.1 Å². The van der Waals surface area contributed by atoms with Crippen LogP contribution in [0.25, 0.3) is 0 Å². The Morgan fingerprint density at radius 1 is 1.16 bits per heavy atom. The molecule has 2 aromatic rings. The van der Waals surface area contributed by atoms with E-state index in [-0.39, 0.29) is 17.9 Å². The highest BCUT2D eigenvalue weighted by atomic mass is 35.5. The molecule has 4 rings (SSSR count). The van der Waals surface area contributed by atoms with Crippen LogP contribution in [0.5, 0.6) is 0 Å². The summed E-state index contributed by atoms with van der Waals surface area (Å²) in [6, 6.07) is 8.69. The molecular weight excluding hydrogens is 446 g/mol. The van der Waals surface area contributed by atoms with Gasteiger partial charge in [0.05, 0.1) is 24.2 Å². The second kappa shape index (κ2) is 9.84. The lowest BCUT2D eigenvalue weighted by Crippen LogP contribution is -2.56. The van der Waals surface area contributed by atoms with Crippen LogP contribution >= 0.6 is 11.6 Å². The third-order valence-electron chi connectivity index (χ3n) is 6.99. The topological polar surface area (TPSA) is 64.4 Å². The van der Waals surface area contributed by atoms with Crippen LogP contribution in [0, 0.1) is 6.92 Å². The predicted molar refractivity (Wildman–Crippen MR) is 128 cm³/mol. The SMILES string of the molecule is Cc1nc(C2CCC(N3C[C@H](CS(C)(=O)=O)OC[C@@H]3Cc3ccc(Cl)cc3)CC2)cn1C. The van der Waals surface area contributed by atoms with E-state index in [4.69, 9.17) is 21.3 Å². The number of halogens is 1. The molecule has 1 aliphatic carbocycles. The average Bonchev–Trinajstić information content (AvgIpc) is 3.08. The van der Waals surface area contributed by atoms with Gasteiger partial charge in [-0.15, -0.1) is 0 Å². The highest BCUT2D eigenvalue weighted by Crippen LogP contribution is 2.36. The van der Waals surface area contributed by atoms with Crippen molar-refractivity contribution >= 4 is 21.4 Å². The molecule has 0 amide bonds. The summed E-state index contributed by atoms with van der Waals surface area (Å²) in [5.74, 6) is 1.65. The van der Waals surface area contributed by atoms with E-state index in [0.717, 1.165) is 43.0 Å². The van der Waals surface area contributed by atoms with Crippen LogP contribution in [-0.4, -0.2) is 66.2 Å². The summed E-state index contributed by atoms with van der Waals surface area (Å²) in [4.78, 5) is 7.29. The van der Waals surface area contributed by atoms with Gasteiger partial charge in [0.25, 0.3) is 0 Å². The van der Waals surface area contributed by atoms with Gasteiger partial charge < -0.3 is 9.30 Å². The second-order valence-corrected chi connectivity index (χ2v) is 12.2. The van der Waals surface area contributed by atoms with Crippen molar-refractivity contribution in [3.05, 3.63) is 52.6 Å². The Bertz CT molecular complexity index is 994. The van der Waals surface area contributed by atoms with Crippen LogP contribution in [0.2, 0.25) is 5.02 Å². The van der Waals surface area contributed by atoms with Gasteiger partial charge in [-0.2, -0.15) is 0 Å². The smallest absolute Gasteiger partial charge is 0.150 e. The summed E-state index contributed by atoms with van der Waals surface area (Å²) in [5, 5.41) is 0.738. The first-order chi connectivity index (χ1) is 15.2. The molecular formula is C24H34ClN3O3S. The Morgan fingerprint density at radius 3 is 2.44 bits per heavy atom. The van der Waals surface area contributed by atoms with Crippen molar-refractivity contribution in [1.82, 2.24) is 14.5 Å². The monoisotopic (exact) mass is 479 g/mol. The Kier molecular flexibility index (Phi) is 7.30. The largest absolute Gasteiger partial charge is 0.374 e. The van der Waals surface area contributed by atoms with E-state index in [9.17, 15) is 8.42 Å². The number of benzene rings is 1. The van der Waals surface area contributed by atoms with E-state index in [1.54, 1.807) is 0 Å². The van der Waals surface area contributed by atoms with Gasteiger partial charge in [0.1, 0.15) is 15.7 Å². The molecule has 2 fully saturated rings. The lowest BCUT2D eigenvalue weighted by Gasteiger charge is -2.46. The van der Waals surface area contributed by atoms with Crippen LogP contribution in [0.3, 0.4) is 0 Å². The third kappa shape index (κ3) is 5.93. The molecule has 176 valence electrons. The standard InChI is InChI=1S/C24H34ClN3O3S/c1-17-26-24(14-27(17)2)19-6-10-21(11-7-19)28-13-23(16-32(3,29)30)31-15-22(28)12-18-4-8-20(25)9-5-18/h4-5,8-9,14,19,21-23H,6-7,10-13,15-16H2,1-3H3/t19?,21?,22-,23+/m0/s1. The molecule has 2 heterocycles. The van der Waals surface area contributed by atoms with Gasteiger partial charge in [-0.05, 0) is 56.7 Å². The van der Waals surface area contributed by atoms with Crippen LogP contribution in [0.4, 0.5) is 0 Å². The number of aryl methyl sites for hydroxylation is 2. The number of nitrogens with zero attached hydrogens (tertiary/aromatic N) is 3. The molecule has 1 saturated heterocycles. The predicted octanol–water partition coefficient (Wildman–Crippen LogP) is 3.76. The first kappa shape index (κ1) is 23.7. The fourth-order valence-corrected chi connectivity index (χ4v) is 6.22. The summed E-state index contributed by atoms with van der Waals surface area (Å²) in [7, 11) is -1.03. The zero-order valence-electron chi connectivity index (χ0n) is 19.2. The fourth-order valence-electron chi connectivity index (χ4n) is 5.22. The number of imidazole rings is 1. The molecule has 32 heavy (non-hydrogen) atoms. The Labute approximate surface area is 196 Å². The van der Waals surface area contributed by atoms with Crippen LogP contribution < -0.4 is 0 Å². The summed E-state index contributed by atoms with van der Waals surface area (Å²) in [6.07, 6.45) is 8.50. The van der Waals surface area contributed by atoms with Gasteiger partial charge in [-0.25, -0.2) is 13.4 Å². The number of ether oxygens (including phenoxy) is 1. The van der Waals surface area contributed by atoms with E-state index >= 15 is 0 Å². The van der Waals surface area contributed by atoms with Crippen molar-refractivity contribution in [2.75, 3.05) is 25.2 Å². The number of sulfone groups is 1. The van der Waals surface area contributed by atoms with Crippen LogP contribution in [0.1, 0.15) is 48.7 Å². The maximum Gasteiger partial charge on any atom is 0.150 e. The second-order valence-electron chi connectivity index (χ2n) is 9.56. The third-order valence-corrected chi connectivity index (χ3v) is 8.22. The molecule has 0 bridgehead atoms. The molecule has 0 radical (unpaired) electrons. The molecule has 0 spiro atoms. The van der Waals surface area contributed by atoms with Gasteiger partial charge in [-0.3, -0.25) is 4.90 Å². The van der Waals surface area contributed by atoms with Crippen molar-refractivity contribution in [2.24, 2.45) is 7.05 Å². The number of rotatable bonds is 6. The van der Waals surface area contributed by atoms with Crippen molar-refractivity contribution in [1.29, 1.82) is 0 Å². The molecule has 2 atom stereocenters. The Hall–Kier alpha value is -1.41. The van der Waals surface area contributed by atoms with Gasteiger partial charge in [0.2, 0.25) is 0 Å². The zero-order valence-corrected chi connectivity index (χ0v) is 20.8. The summed E-state index contributed by atoms with van der Waals surface area (Å²) in [5.41, 5.74) is 2.44. The molecule has 2 aliphatic rings. The van der Waals surface area contributed by atoms with Crippen LogP contribution in [-0.2, 0) is 28.0 Å². The van der Waals surface area contributed by atoms with Crippen molar-refractivity contribution < 1.29 is 13.2 Å². The number of hydrogen-bond donors (Lipinski definition) is 0. The number of morpholine rings is 1. The molecule has 6 nitrogen and oxygen atoms in total. The highest BCUT2D eigenvalue weighted by molar-refractivity contribution is 7.90. The normalized spacial score (nSPS) is 27.5. The summed E-state index contributed by atoms with van der Waals surface area (Å²) < 4.78 is 31.9. The highest BCUT2D eigenvalue weighted by Gasteiger charge is 2.37. The van der Waals surface area contributed by atoms with Crippen molar-refractivity contribution in [2.45, 2.75) is 63.1 Å². The first-order valence-electron chi connectivity index (χ1n) is 11.5. The maximum absolute atomic E-state index is 11.9. The molecule has 1 aliphatic heterocycles. The minimum absolute atomic E-state index is 0.0831. The fraction of sp³-hybridized carbons (Fsp3) is 0.625.